The van der Waals surface area contributed by atoms with Gasteiger partial charge in [-0.05, 0) is 25.5 Å². The van der Waals surface area contributed by atoms with Crippen molar-refractivity contribution in [1.82, 2.24) is 4.90 Å². The van der Waals surface area contributed by atoms with Gasteiger partial charge in [0.05, 0.1) is 6.10 Å². The van der Waals surface area contributed by atoms with Crippen LogP contribution in [0.5, 0.6) is 0 Å². The Hall–Kier alpha value is -1.00. The third-order valence-electron chi connectivity index (χ3n) is 3.44. The molecule has 1 aromatic rings. The van der Waals surface area contributed by atoms with E-state index in [1.165, 1.54) is 12.1 Å². The largest absolute Gasteiger partial charge is 0.388 e. The molecule has 0 heterocycles. The second kappa shape index (κ2) is 7.56. The van der Waals surface area contributed by atoms with Gasteiger partial charge in [0, 0.05) is 18.7 Å². The SMILES string of the molecule is CCC(C)CN(C)CCC(O)c1cccc(F)c1F. The molecule has 0 aliphatic heterocycles. The predicted octanol–water partition coefficient (Wildman–Crippen LogP) is 3.37. The number of aliphatic hydroxyl groups excluding tert-OH is 1. The average molecular weight is 271 g/mol. The number of nitrogens with zero attached hydrogens (tertiary/aromatic N) is 1. The molecular formula is C15H23F2NO. The molecule has 2 nitrogen and oxygen atoms in total. The van der Waals surface area contributed by atoms with Crippen LogP contribution in [0.15, 0.2) is 18.2 Å². The summed E-state index contributed by atoms with van der Waals surface area (Å²) in [5.74, 6) is -1.27. The monoisotopic (exact) mass is 271 g/mol. The zero-order valence-corrected chi connectivity index (χ0v) is 11.9. The zero-order chi connectivity index (χ0) is 14.4. The highest BCUT2D eigenvalue weighted by atomic mass is 19.2. The molecule has 0 amide bonds. The minimum atomic E-state index is -0.963. The van der Waals surface area contributed by atoms with E-state index >= 15 is 0 Å². The van der Waals surface area contributed by atoms with Crippen molar-refractivity contribution in [1.29, 1.82) is 0 Å². The van der Waals surface area contributed by atoms with E-state index in [-0.39, 0.29) is 5.56 Å². The summed E-state index contributed by atoms with van der Waals surface area (Å²) in [5, 5.41) is 9.93. The molecular weight excluding hydrogens is 248 g/mol. The minimum Gasteiger partial charge on any atom is -0.388 e. The van der Waals surface area contributed by atoms with Crippen molar-refractivity contribution >= 4 is 0 Å². The van der Waals surface area contributed by atoms with Crippen molar-refractivity contribution in [2.45, 2.75) is 32.8 Å². The van der Waals surface area contributed by atoms with Crippen LogP contribution in [-0.2, 0) is 0 Å². The summed E-state index contributed by atoms with van der Waals surface area (Å²) in [7, 11) is 1.97. The quantitative estimate of drug-likeness (QED) is 0.822. The highest BCUT2D eigenvalue weighted by Crippen LogP contribution is 2.22. The normalized spacial score (nSPS) is 14.7. The lowest BCUT2D eigenvalue weighted by Gasteiger charge is -2.22. The fourth-order valence-corrected chi connectivity index (χ4v) is 2.03. The van der Waals surface area contributed by atoms with Gasteiger partial charge in [-0.15, -0.1) is 0 Å². The van der Waals surface area contributed by atoms with Crippen LogP contribution < -0.4 is 0 Å². The van der Waals surface area contributed by atoms with Gasteiger partial charge in [0.25, 0.3) is 0 Å². The van der Waals surface area contributed by atoms with Gasteiger partial charge in [0.2, 0.25) is 0 Å². The summed E-state index contributed by atoms with van der Waals surface area (Å²) in [6.07, 6.45) is 0.536. The molecule has 0 bridgehead atoms. The van der Waals surface area contributed by atoms with E-state index in [4.69, 9.17) is 0 Å². The van der Waals surface area contributed by atoms with Crippen LogP contribution in [0.25, 0.3) is 0 Å². The lowest BCUT2D eigenvalue weighted by molar-refractivity contribution is 0.140. The number of hydrogen-bond acceptors (Lipinski definition) is 2. The van der Waals surface area contributed by atoms with Crippen molar-refractivity contribution < 1.29 is 13.9 Å². The highest BCUT2D eigenvalue weighted by Gasteiger charge is 2.16. The van der Waals surface area contributed by atoms with Gasteiger partial charge >= 0.3 is 0 Å². The Morgan fingerprint density at radius 3 is 2.63 bits per heavy atom. The fourth-order valence-electron chi connectivity index (χ4n) is 2.03. The van der Waals surface area contributed by atoms with Crippen LogP contribution in [0.4, 0.5) is 8.78 Å². The standard InChI is InChI=1S/C15H23F2NO/c1-4-11(2)10-18(3)9-8-14(19)12-6-5-7-13(16)15(12)17/h5-7,11,14,19H,4,8-10H2,1-3H3. The van der Waals surface area contributed by atoms with Crippen LogP contribution in [0.3, 0.4) is 0 Å². The molecule has 2 atom stereocenters. The molecule has 19 heavy (non-hydrogen) atoms. The maximum atomic E-state index is 13.5. The van der Waals surface area contributed by atoms with E-state index < -0.39 is 17.7 Å². The van der Waals surface area contributed by atoms with Crippen molar-refractivity contribution in [3.8, 4) is 0 Å². The molecule has 0 aromatic heterocycles. The predicted molar refractivity (Wildman–Crippen MR) is 72.9 cm³/mol. The maximum absolute atomic E-state index is 13.5. The average Bonchev–Trinajstić information content (AvgIpc) is 2.39. The summed E-state index contributed by atoms with van der Waals surface area (Å²) < 4.78 is 26.6. The van der Waals surface area contributed by atoms with Crippen molar-refractivity contribution in [2.75, 3.05) is 20.1 Å². The summed E-state index contributed by atoms with van der Waals surface area (Å²) >= 11 is 0. The Balaban J connectivity index is 2.51. The van der Waals surface area contributed by atoms with Gasteiger partial charge in [-0.25, -0.2) is 8.78 Å². The first-order valence-electron chi connectivity index (χ1n) is 6.76. The lowest BCUT2D eigenvalue weighted by atomic mass is 10.0. The van der Waals surface area contributed by atoms with E-state index in [1.807, 2.05) is 7.05 Å². The maximum Gasteiger partial charge on any atom is 0.164 e. The van der Waals surface area contributed by atoms with Crippen LogP contribution in [0.2, 0.25) is 0 Å². The number of rotatable bonds is 7. The second-order valence-electron chi connectivity index (χ2n) is 5.22. The molecule has 0 radical (unpaired) electrons. The van der Waals surface area contributed by atoms with Gasteiger partial charge in [-0.3, -0.25) is 0 Å². The summed E-state index contributed by atoms with van der Waals surface area (Å²) in [6.45, 7) is 5.89. The third kappa shape index (κ3) is 4.88. The van der Waals surface area contributed by atoms with Crippen LogP contribution in [-0.4, -0.2) is 30.1 Å². The van der Waals surface area contributed by atoms with Crippen LogP contribution in [0, 0.1) is 17.6 Å². The first-order valence-corrected chi connectivity index (χ1v) is 6.76. The second-order valence-corrected chi connectivity index (χ2v) is 5.22. The minimum absolute atomic E-state index is 0.0388. The Morgan fingerprint density at radius 1 is 1.32 bits per heavy atom. The molecule has 2 unspecified atom stereocenters. The van der Waals surface area contributed by atoms with Crippen molar-refractivity contribution in [2.24, 2.45) is 5.92 Å². The van der Waals surface area contributed by atoms with Crippen molar-refractivity contribution in [3.05, 3.63) is 35.4 Å². The molecule has 0 saturated carbocycles. The van der Waals surface area contributed by atoms with Gasteiger partial charge in [-0.1, -0.05) is 32.4 Å². The number of halogens is 2. The molecule has 0 fully saturated rings. The van der Waals surface area contributed by atoms with Crippen molar-refractivity contribution in [3.63, 3.8) is 0 Å². The molecule has 0 aliphatic rings. The van der Waals surface area contributed by atoms with E-state index in [9.17, 15) is 13.9 Å². The smallest absolute Gasteiger partial charge is 0.164 e. The van der Waals surface area contributed by atoms with Gasteiger partial charge in [-0.2, -0.15) is 0 Å². The third-order valence-corrected chi connectivity index (χ3v) is 3.44. The zero-order valence-electron chi connectivity index (χ0n) is 11.9. The van der Waals surface area contributed by atoms with E-state index in [0.717, 1.165) is 19.0 Å². The molecule has 4 heteroatoms. The van der Waals surface area contributed by atoms with Crippen LogP contribution >= 0.6 is 0 Å². The molecule has 1 rings (SSSR count). The summed E-state index contributed by atoms with van der Waals surface area (Å²) in [4.78, 5) is 2.11. The molecule has 1 N–H and O–H groups in total. The lowest BCUT2D eigenvalue weighted by Crippen LogP contribution is -2.26. The van der Waals surface area contributed by atoms with E-state index in [0.29, 0.717) is 18.9 Å². The first kappa shape index (κ1) is 16.1. The highest BCUT2D eigenvalue weighted by molar-refractivity contribution is 5.21. The van der Waals surface area contributed by atoms with Gasteiger partial charge < -0.3 is 10.0 Å². The molecule has 1 aromatic carbocycles. The Labute approximate surface area is 114 Å². The Kier molecular flexibility index (Phi) is 6.38. The number of hydrogen-bond donors (Lipinski definition) is 1. The first-order chi connectivity index (χ1) is 8.95. The molecule has 0 spiro atoms. The van der Waals surface area contributed by atoms with E-state index in [2.05, 4.69) is 18.7 Å². The fraction of sp³-hybridized carbons (Fsp3) is 0.600. The summed E-state index contributed by atoms with van der Waals surface area (Å²) in [6, 6.07) is 3.90. The van der Waals surface area contributed by atoms with Crippen LogP contribution in [0.1, 0.15) is 38.4 Å². The van der Waals surface area contributed by atoms with E-state index in [1.54, 1.807) is 0 Å². The Morgan fingerprint density at radius 2 is 2.00 bits per heavy atom. The molecule has 0 saturated heterocycles. The number of benzene rings is 1. The van der Waals surface area contributed by atoms with Gasteiger partial charge in [0.1, 0.15) is 0 Å². The summed E-state index contributed by atoms with van der Waals surface area (Å²) in [5.41, 5.74) is 0.0388. The topological polar surface area (TPSA) is 23.5 Å². The van der Waals surface area contributed by atoms with Gasteiger partial charge in [0.15, 0.2) is 11.6 Å². The number of aliphatic hydroxyl groups is 1. The molecule has 0 aliphatic carbocycles. The molecule has 108 valence electrons. The Bertz CT molecular complexity index is 398.